The Morgan fingerprint density at radius 2 is 2.24 bits per heavy atom. The van der Waals surface area contributed by atoms with Gasteiger partial charge in [-0.2, -0.15) is 0 Å². The van der Waals surface area contributed by atoms with Crippen LogP contribution in [0.5, 0.6) is 0 Å². The number of aliphatic carboxylic acids is 1. The number of hydrogen-bond acceptors (Lipinski definition) is 5. The van der Waals surface area contributed by atoms with Gasteiger partial charge in [-0.15, -0.1) is 0 Å². The first-order valence-electron chi connectivity index (χ1n) is 6.04. The summed E-state index contributed by atoms with van der Waals surface area (Å²) in [6, 6.07) is 2.50. The molecule has 1 heterocycles. The molecule has 0 aromatic heterocycles. The van der Waals surface area contributed by atoms with E-state index in [1.807, 2.05) is 0 Å². The van der Waals surface area contributed by atoms with E-state index in [4.69, 9.17) is 9.88 Å². The van der Waals surface area contributed by atoms with Crippen molar-refractivity contribution in [2.45, 2.75) is 17.9 Å². The molecule has 1 fully saturated rings. The molecule has 1 aliphatic heterocycles. The SMILES string of the molecule is CC1(C(=O)O)COCC1Nc1ccc(S(N)(=O)=O)cc1F. The van der Waals surface area contributed by atoms with Gasteiger partial charge in [-0.25, -0.2) is 17.9 Å². The summed E-state index contributed by atoms with van der Waals surface area (Å²) in [6.45, 7) is 1.62. The third kappa shape index (κ3) is 2.99. The van der Waals surface area contributed by atoms with Crippen molar-refractivity contribution < 1.29 is 27.4 Å². The lowest BCUT2D eigenvalue weighted by Crippen LogP contribution is -2.43. The number of anilines is 1. The van der Waals surface area contributed by atoms with Crippen LogP contribution in [0.3, 0.4) is 0 Å². The maximum absolute atomic E-state index is 13.9. The zero-order valence-electron chi connectivity index (χ0n) is 11.2. The topological polar surface area (TPSA) is 119 Å². The van der Waals surface area contributed by atoms with Crippen LogP contribution in [0.25, 0.3) is 0 Å². The number of carbonyl (C=O) groups is 1. The summed E-state index contributed by atoms with van der Waals surface area (Å²) in [5, 5.41) is 16.9. The normalized spacial score (nSPS) is 25.8. The fraction of sp³-hybridized carbons (Fsp3) is 0.417. The molecule has 0 bridgehead atoms. The minimum atomic E-state index is -3.99. The lowest BCUT2D eigenvalue weighted by molar-refractivity contribution is -0.148. The second-order valence-corrected chi connectivity index (χ2v) is 6.68. The smallest absolute Gasteiger partial charge is 0.313 e. The molecule has 0 saturated carbocycles. The minimum absolute atomic E-state index is 0.00891. The van der Waals surface area contributed by atoms with Gasteiger partial charge in [-0.1, -0.05) is 0 Å². The molecular formula is C12H15FN2O5S. The molecule has 2 atom stereocenters. The predicted octanol–water partition coefficient (Wildman–Crippen LogP) is 0.375. The highest BCUT2D eigenvalue weighted by Gasteiger charge is 2.46. The van der Waals surface area contributed by atoms with E-state index < -0.39 is 33.3 Å². The second kappa shape index (κ2) is 5.24. The van der Waals surface area contributed by atoms with E-state index in [-0.39, 0.29) is 23.8 Å². The third-order valence-corrected chi connectivity index (χ3v) is 4.45. The Morgan fingerprint density at radius 1 is 1.57 bits per heavy atom. The molecule has 0 aliphatic carbocycles. The number of primary sulfonamides is 1. The minimum Gasteiger partial charge on any atom is -0.481 e. The quantitative estimate of drug-likeness (QED) is 0.738. The van der Waals surface area contributed by atoms with Crippen molar-refractivity contribution in [2.75, 3.05) is 18.5 Å². The molecule has 1 aromatic carbocycles. The van der Waals surface area contributed by atoms with Crippen LogP contribution in [0, 0.1) is 11.2 Å². The summed E-state index contributed by atoms with van der Waals surface area (Å²) in [5.41, 5.74) is -1.20. The second-order valence-electron chi connectivity index (χ2n) is 5.12. The van der Waals surface area contributed by atoms with Gasteiger partial charge < -0.3 is 15.2 Å². The molecule has 2 unspecified atom stereocenters. The molecule has 0 spiro atoms. The van der Waals surface area contributed by atoms with Gasteiger partial charge in [0.2, 0.25) is 10.0 Å². The maximum Gasteiger partial charge on any atom is 0.313 e. The zero-order chi connectivity index (χ0) is 15.8. The van der Waals surface area contributed by atoms with Crippen molar-refractivity contribution in [3.05, 3.63) is 24.0 Å². The van der Waals surface area contributed by atoms with Gasteiger partial charge in [-0.05, 0) is 25.1 Å². The molecular weight excluding hydrogens is 303 g/mol. The summed E-state index contributed by atoms with van der Waals surface area (Å²) in [6.07, 6.45) is 0. The number of halogens is 1. The Kier molecular flexibility index (Phi) is 3.91. The van der Waals surface area contributed by atoms with Gasteiger partial charge in [-0.3, -0.25) is 4.79 Å². The first-order chi connectivity index (χ1) is 9.64. The number of carboxylic acid groups (broad SMARTS) is 1. The van der Waals surface area contributed by atoms with E-state index in [2.05, 4.69) is 5.32 Å². The van der Waals surface area contributed by atoms with Crippen LogP contribution in [-0.2, 0) is 19.6 Å². The Balaban J connectivity index is 2.27. The lowest BCUT2D eigenvalue weighted by atomic mass is 9.85. The van der Waals surface area contributed by atoms with Crippen LogP contribution in [-0.4, -0.2) is 38.7 Å². The molecule has 1 aromatic rings. The fourth-order valence-corrected chi connectivity index (χ4v) is 2.59. The van der Waals surface area contributed by atoms with E-state index in [9.17, 15) is 22.7 Å². The van der Waals surface area contributed by atoms with Crippen molar-refractivity contribution in [3.63, 3.8) is 0 Å². The van der Waals surface area contributed by atoms with E-state index in [0.29, 0.717) is 0 Å². The summed E-state index contributed by atoms with van der Waals surface area (Å²) in [7, 11) is -3.99. The van der Waals surface area contributed by atoms with Crippen molar-refractivity contribution in [1.82, 2.24) is 0 Å². The largest absolute Gasteiger partial charge is 0.481 e. The average molecular weight is 318 g/mol. The number of carboxylic acids is 1. The van der Waals surface area contributed by atoms with E-state index in [0.717, 1.165) is 12.1 Å². The Hall–Kier alpha value is -1.71. The number of sulfonamides is 1. The highest BCUT2D eigenvalue weighted by atomic mass is 32.2. The molecule has 7 nitrogen and oxygen atoms in total. The van der Waals surface area contributed by atoms with Gasteiger partial charge >= 0.3 is 5.97 Å². The van der Waals surface area contributed by atoms with Crippen LogP contribution >= 0.6 is 0 Å². The highest BCUT2D eigenvalue weighted by molar-refractivity contribution is 7.89. The molecule has 9 heteroatoms. The zero-order valence-corrected chi connectivity index (χ0v) is 12.0. The monoisotopic (exact) mass is 318 g/mol. The number of ether oxygens (including phenoxy) is 1. The number of benzene rings is 1. The van der Waals surface area contributed by atoms with Crippen LogP contribution in [0.4, 0.5) is 10.1 Å². The molecule has 0 radical (unpaired) electrons. The summed E-state index contributed by atoms with van der Waals surface area (Å²) < 4.78 is 41.3. The molecule has 116 valence electrons. The van der Waals surface area contributed by atoms with Gasteiger partial charge in [0.15, 0.2) is 0 Å². The molecule has 21 heavy (non-hydrogen) atoms. The van der Waals surface area contributed by atoms with Crippen molar-refractivity contribution in [2.24, 2.45) is 10.6 Å². The van der Waals surface area contributed by atoms with Crippen LogP contribution < -0.4 is 10.5 Å². The van der Waals surface area contributed by atoms with E-state index in [1.54, 1.807) is 0 Å². The summed E-state index contributed by atoms with van der Waals surface area (Å²) in [4.78, 5) is 10.9. The van der Waals surface area contributed by atoms with Crippen LogP contribution in [0.1, 0.15) is 6.92 Å². The maximum atomic E-state index is 13.9. The lowest BCUT2D eigenvalue weighted by Gasteiger charge is -2.26. The highest BCUT2D eigenvalue weighted by Crippen LogP contribution is 2.32. The Labute approximate surface area is 121 Å². The standard InChI is InChI=1S/C12H15FN2O5S/c1-12(11(16)17)6-20-5-10(12)15-9-3-2-7(4-8(9)13)21(14,18)19/h2-4,10,15H,5-6H2,1H3,(H,16,17)(H2,14,18,19). The molecule has 1 saturated heterocycles. The number of hydrogen-bond donors (Lipinski definition) is 3. The molecule has 0 amide bonds. The van der Waals surface area contributed by atoms with E-state index in [1.165, 1.54) is 13.0 Å². The van der Waals surface area contributed by atoms with Crippen LogP contribution in [0.2, 0.25) is 0 Å². The summed E-state index contributed by atoms with van der Waals surface area (Å²) in [5.74, 6) is -1.89. The van der Waals surface area contributed by atoms with E-state index >= 15 is 0 Å². The molecule has 1 aliphatic rings. The predicted molar refractivity (Wildman–Crippen MR) is 71.7 cm³/mol. The Bertz CT molecular complexity index is 678. The van der Waals surface area contributed by atoms with Gasteiger partial charge in [0.05, 0.1) is 29.8 Å². The van der Waals surface area contributed by atoms with Gasteiger partial charge in [0.1, 0.15) is 11.2 Å². The molecule has 4 N–H and O–H groups in total. The third-order valence-electron chi connectivity index (χ3n) is 3.54. The number of nitrogens with two attached hydrogens (primary N) is 1. The van der Waals surface area contributed by atoms with Gasteiger partial charge in [0.25, 0.3) is 0 Å². The fourth-order valence-electron chi connectivity index (χ4n) is 2.06. The van der Waals surface area contributed by atoms with Crippen molar-refractivity contribution in [3.8, 4) is 0 Å². The Morgan fingerprint density at radius 3 is 2.76 bits per heavy atom. The van der Waals surface area contributed by atoms with Crippen LogP contribution in [0.15, 0.2) is 23.1 Å². The molecule has 2 rings (SSSR count). The first-order valence-corrected chi connectivity index (χ1v) is 7.59. The van der Waals surface area contributed by atoms with Crippen molar-refractivity contribution >= 4 is 21.7 Å². The number of rotatable bonds is 4. The van der Waals surface area contributed by atoms with Crippen molar-refractivity contribution in [1.29, 1.82) is 0 Å². The van der Waals surface area contributed by atoms with Gasteiger partial charge in [0, 0.05) is 0 Å². The number of nitrogens with one attached hydrogen (secondary N) is 1. The summed E-state index contributed by atoms with van der Waals surface area (Å²) >= 11 is 0. The average Bonchev–Trinajstić information content (AvgIpc) is 2.73. The first kappa shape index (κ1) is 15.7.